The maximum Gasteiger partial charge on any atom is 0.255 e. The minimum Gasteiger partial charge on any atom is -0.340 e. The van der Waals surface area contributed by atoms with Crippen molar-refractivity contribution in [1.82, 2.24) is 4.98 Å². The van der Waals surface area contributed by atoms with E-state index in [4.69, 9.17) is 11.6 Å². The van der Waals surface area contributed by atoms with Gasteiger partial charge in [0, 0.05) is 16.3 Å². The summed E-state index contributed by atoms with van der Waals surface area (Å²) < 4.78 is 0. The van der Waals surface area contributed by atoms with Gasteiger partial charge in [-0.05, 0) is 67.4 Å². The van der Waals surface area contributed by atoms with Crippen LogP contribution in [-0.2, 0) is 0 Å². The molecule has 1 amide bonds. The Labute approximate surface area is 151 Å². The van der Waals surface area contributed by atoms with Crippen molar-refractivity contribution >= 4 is 34.7 Å². The van der Waals surface area contributed by atoms with Gasteiger partial charge in [-0.1, -0.05) is 23.7 Å². The Hall–Kier alpha value is -2.85. The number of aryl methyl sites for hydroxylation is 2. The van der Waals surface area contributed by atoms with Crippen molar-refractivity contribution in [3.63, 3.8) is 0 Å². The second kappa shape index (κ2) is 7.36. The van der Waals surface area contributed by atoms with E-state index in [9.17, 15) is 4.79 Å². The lowest BCUT2D eigenvalue weighted by Crippen LogP contribution is -2.11. The van der Waals surface area contributed by atoms with Gasteiger partial charge in [0.05, 0.1) is 11.9 Å². The highest BCUT2D eigenvalue weighted by Crippen LogP contribution is 2.21. The number of aromatic nitrogens is 1. The van der Waals surface area contributed by atoms with Gasteiger partial charge in [0.25, 0.3) is 5.91 Å². The van der Waals surface area contributed by atoms with Gasteiger partial charge in [0.15, 0.2) is 0 Å². The number of carbonyl (C=O) groups is 1. The van der Waals surface area contributed by atoms with Gasteiger partial charge in [-0.2, -0.15) is 0 Å². The van der Waals surface area contributed by atoms with Gasteiger partial charge in [-0.15, -0.1) is 0 Å². The maximum atomic E-state index is 12.2. The van der Waals surface area contributed by atoms with Crippen LogP contribution in [0.3, 0.4) is 0 Å². The van der Waals surface area contributed by atoms with Crippen molar-refractivity contribution in [3.05, 3.63) is 82.5 Å². The van der Waals surface area contributed by atoms with Crippen LogP contribution < -0.4 is 10.6 Å². The van der Waals surface area contributed by atoms with E-state index in [1.807, 2.05) is 26.0 Å². The van der Waals surface area contributed by atoms with Gasteiger partial charge < -0.3 is 10.6 Å². The van der Waals surface area contributed by atoms with Gasteiger partial charge >= 0.3 is 0 Å². The van der Waals surface area contributed by atoms with E-state index in [0.29, 0.717) is 16.3 Å². The summed E-state index contributed by atoms with van der Waals surface area (Å²) in [5, 5.41) is 6.71. The SMILES string of the molecule is Cc1ccc(C)c(Nc2ccc(NC(=O)c3ccc(Cl)cc3)cn2)c1. The first-order valence-electron chi connectivity index (χ1n) is 7.88. The number of carbonyl (C=O) groups excluding carboxylic acids is 1. The Morgan fingerprint density at radius 3 is 2.44 bits per heavy atom. The topological polar surface area (TPSA) is 54.0 Å². The Bertz CT molecular complexity index is 890. The fourth-order valence-corrected chi connectivity index (χ4v) is 2.48. The zero-order valence-corrected chi connectivity index (χ0v) is 14.8. The summed E-state index contributed by atoms with van der Waals surface area (Å²) in [4.78, 5) is 16.5. The molecule has 4 nitrogen and oxygen atoms in total. The summed E-state index contributed by atoms with van der Waals surface area (Å²) in [6, 6.07) is 16.6. The largest absolute Gasteiger partial charge is 0.340 e. The predicted molar refractivity (Wildman–Crippen MR) is 103 cm³/mol. The smallest absolute Gasteiger partial charge is 0.255 e. The van der Waals surface area contributed by atoms with E-state index in [2.05, 4.69) is 33.8 Å². The highest BCUT2D eigenvalue weighted by atomic mass is 35.5. The molecule has 0 saturated carbocycles. The lowest BCUT2D eigenvalue weighted by molar-refractivity contribution is 0.102. The molecule has 0 radical (unpaired) electrons. The Balaban J connectivity index is 1.68. The molecule has 3 rings (SSSR count). The average molecular weight is 352 g/mol. The maximum absolute atomic E-state index is 12.2. The van der Waals surface area contributed by atoms with Gasteiger partial charge in [-0.25, -0.2) is 4.98 Å². The molecule has 25 heavy (non-hydrogen) atoms. The molecular weight excluding hydrogens is 334 g/mol. The lowest BCUT2D eigenvalue weighted by atomic mass is 10.1. The van der Waals surface area contributed by atoms with Crippen LogP contribution in [0.2, 0.25) is 5.02 Å². The number of pyridine rings is 1. The molecule has 3 aromatic rings. The highest BCUT2D eigenvalue weighted by molar-refractivity contribution is 6.30. The summed E-state index contributed by atoms with van der Waals surface area (Å²) >= 11 is 5.83. The molecule has 2 aromatic carbocycles. The van der Waals surface area contributed by atoms with Gasteiger partial charge in [0.1, 0.15) is 5.82 Å². The summed E-state index contributed by atoms with van der Waals surface area (Å²) in [6.07, 6.45) is 1.63. The summed E-state index contributed by atoms with van der Waals surface area (Å²) in [5.41, 5.74) is 4.52. The molecule has 0 saturated heterocycles. The number of nitrogens with zero attached hydrogens (tertiary/aromatic N) is 1. The van der Waals surface area contributed by atoms with Gasteiger partial charge in [-0.3, -0.25) is 4.79 Å². The van der Waals surface area contributed by atoms with Crippen LogP contribution in [0.4, 0.5) is 17.2 Å². The summed E-state index contributed by atoms with van der Waals surface area (Å²) in [6.45, 7) is 4.09. The second-order valence-electron chi connectivity index (χ2n) is 5.84. The standard InChI is InChI=1S/C20H18ClN3O/c1-13-3-4-14(2)18(11-13)24-19-10-9-17(12-22-19)23-20(25)15-5-7-16(21)8-6-15/h3-12H,1-2H3,(H,22,24)(H,23,25). The quantitative estimate of drug-likeness (QED) is 0.666. The van der Waals surface area contributed by atoms with E-state index < -0.39 is 0 Å². The highest BCUT2D eigenvalue weighted by Gasteiger charge is 2.07. The molecule has 5 heteroatoms. The van der Waals surface area contributed by atoms with Crippen LogP contribution in [0.5, 0.6) is 0 Å². The minimum absolute atomic E-state index is 0.200. The molecule has 0 aliphatic heterocycles. The summed E-state index contributed by atoms with van der Waals surface area (Å²) in [7, 11) is 0. The molecule has 2 N–H and O–H groups in total. The Morgan fingerprint density at radius 1 is 1.00 bits per heavy atom. The fraction of sp³-hybridized carbons (Fsp3) is 0.100. The van der Waals surface area contributed by atoms with Crippen molar-refractivity contribution in [1.29, 1.82) is 0 Å². The molecule has 126 valence electrons. The zero-order valence-electron chi connectivity index (χ0n) is 14.0. The van der Waals surface area contributed by atoms with Crippen LogP contribution >= 0.6 is 11.6 Å². The van der Waals surface area contributed by atoms with Gasteiger partial charge in [0.2, 0.25) is 0 Å². The van der Waals surface area contributed by atoms with Crippen LogP contribution in [0.15, 0.2) is 60.8 Å². The van der Waals surface area contributed by atoms with Crippen LogP contribution in [0.1, 0.15) is 21.5 Å². The number of amides is 1. The number of rotatable bonds is 4. The molecule has 0 atom stereocenters. The Morgan fingerprint density at radius 2 is 1.76 bits per heavy atom. The summed E-state index contributed by atoms with van der Waals surface area (Å²) in [5.74, 6) is 0.520. The number of benzene rings is 2. The van der Waals surface area contributed by atoms with E-state index in [1.165, 1.54) is 5.56 Å². The molecule has 0 unspecified atom stereocenters. The molecule has 1 aromatic heterocycles. The van der Waals surface area contributed by atoms with Crippen LogP contribution in [0, 0.1) is 13.8 Å². The average Bonchev–Trinajstić information content (AvgIpc) is 2.60. The molecule has 0 bridgehead atoms. The van der Waals surface area contributed by atoms with Crippen LogP contribution in [-0.4, -0.2) is 10.9 Å². The monoisotopic (exact) mass is 351 g/mol. The number of anilines is 3. The first-order chi connectivity index (χ1) is 12.0. The molecule has 1 heterocycles. The molecule has 0 fully saturated rings. The van der Waals surface area contributed by atoms with Crippen molar-refractivity contribution in [2.45, 2.75) is 13.8 Å². The van der Waals surface area contributed by atoms with E-state index in [-0.39, 0.29) is 5.91 Å². The third-order valence-electron chi connectivity index (χ3n) is 3.78. The van der Waals surface area contributed by atoms with Crippen molar-refractivity contribution in [2.24, 2.45) is 0 Å². The van der Waals surface area contributed by atoms with Crippen molar-refractivity contribution < 1.29 is 4.79 Å². The number of hydrogen-bond donors (Lipinski definition) is 2. The predicted octanol–water partition coefficient (Wildman–Crippen LogP) is 5.35. The zero-order chi connectivity index (χ0) is 17.8. The van der Waals surface area contributed by atoms with Crippen LogP contribution in [0.25, 0.3) is 0 Å². The second-order valence-corrected chi connectivity index (χ2v) is 6.27. The van der Waals surface area contributed by atoms with Crippen molar-refractivity contribution in [2.75, 3.05) is 10.6 Å². The normalized spacial score (nSPS) is 10.4. The minimum atomic E-state index is -0.200. The lowest BCUT2D eigenvalue weighted by Gasteiger charge is -2.11. The first kappa shape index (κ1) is 17.0. The van der Waals surface area contributed by atoms with E-state index in [1.54, 1.807) is 30.5 Å². The molecule has 0 spiro atoms. The van der Waals surface area contributed by atoms with E-state index >= 15 is 0 Å². The number of halogens is 1. The first-order valence-corrected chi connectivity index (χ1v) is 8.26. The van der Waals surface area contributed by atoms with Crippen molar-refractivity contribution in [3.8, 4) is 0 Å². The Kier molecular flexibility index (Phi) is 5.00. The third kappa shape index (κ3) is 4.37. The van der Waals surface area contributed by atoms with E-state index in [0.717, 1.165) is 17.1 Å². The molecule has 0 aliphatic carbocycles. The number of nitrogens with one attached hydrogen (secondary N) is 2. The fourth-order valence-electron chi connectivity index (χ4n) is 2.35. The molecular formula is C20H18ClN3O. The molecule has 0 aliphatic rings. The number of hydrogen-bond acceptors (Lipinski definition) is 3. The third-order valence-corrected chi connectivity index (χ3v) is 4.04.